The molecule has 1 aromatic heterocycles. The molecule has 2 atom stereocenters. The van der Waals surface area contributed by atoms with Crippen LogP contribution in [0.1, 0.15) is 38.2 Å². The maximum Gasteiger partial charge on any atom is 0.187 e. The summed E-state index contributed by atoms with van der Waals surface area (Å²) in [5.41, 5.74) is 1.13. The first-order valence-corrected chi connectivity index (χ1v) is 7.36. The molecule has 17 heavy (non-hydrogen) atoms. The Balaban J connectivity index is 1.97. The molecule has 2 unspecified atom stereocenters. The summed E-state index contributed by atoms with van der Waals surface area (Å²) in [6.45, 7) is 5.26. The van der Waals surface area contributed by atoms with Crippen molar-refractivity contribution in [2.45, 2.75) is 56.0 Å². The van der Waals surface area contributed by atoms with E-state index in [1.807, 2.05) is 31.1 Å². The highest BCUT2D eigenvalue weighted by atomic mass is 32.2. The van der Waals surface area contributed by atoms with Gasteiger partial charge in [-0.05, 0) is 31.9 Å². The maximum atomic E-state index is 4.39. The molecule has 2 rings (SSSR count). The van der Waals surface area contributed by atoms with Crippen LogP contribution in [0.5, 0.6) is 0 Å². The predicted molar refractivity (Wildman–Crippen MR) is 72.3 cm³/mol. The number of hydrogen-bond acceptors (Lipinski definition) is 4. The summed E-state index contributed by atoms with van der Waals surface area (Å²) in [6.07, 6.45) is 9.06. The van der Waals surface area contributed by atoms with Crippen LogP contribution < -0.4 is 5.32 Å². The molecule has 4 heteroatoms. The molecular formula is C13H21N3S. The number of aryl methyl sites for hydroxylation is 1. The fourth-order valence-electron chi connectivity index (χ4n) is 2.31. The molecule has 1 aliphatic carbocycles. The number of hydrogen-bond donors (Lipinski definition) is 1. The van der Waals surface area contributed by atoms with Crippen molar-refractivity contribution < 1.29 is 0 Å². The average Bonchev–Trinajstić information content (AvgIpc) is 2.35. The van der Waals surface area contributed by atoms with Crippen molar-refractivity contribution in [3.8, 4) is 0 Å². The third-order valence-corrected chi connectivity index (χ3v) is 4.47. The van der Waals surface area contributed by atoms with Gasteiger partial charge in [0.15, 0.2) is 5.16 Å². The van der Waals surface area contributed by atoms with Gasteiger partial charge in [0, 0.05) is 23.7 Å². The summed E-state index contributed by atoms with van der Waals surface area (Å²) < 4.78 is 0. The van der Waals surface area contributed by atoms with E-state index in [1.165, 1.54) is 25.7 Å². The van der Waals surface area contributed by atoms with Crippen molar-refractivity contribution in [1.29, 1.82) is 0 Å². The number of aromatic nitrogens is 2. The largest absolute Gasteiger partial charge is 0.313 e. The van der Waals surface area contributed by atoms with Crippen LogP contribution in [-0.4, -0.2) is 27.8 Å². The molecule has 0 radical (unpaired) electrons. The lowest BCUT2D eigenvalue weighted by atomic mass is 9.95. The third kappa shape index (κ3) is 3.68. The van der Waals surface area contributed by atoms with Gasteiger partial charge in [0.05, 0.1) is 0 Å². The Morgan fingerprint density at radius 2 is 2.00 bits per heavy atom. The second kappa shape index (κ2) is 6.36. The highest BCUT2D eigenvalue weighted by molar-refractivity contribution is 7.99. The summed E-state index contributed by atoms with van der Waals surface area (Å²) in [5, 5.41) is 5.14. The zero-order valence-electron chi connectivity index (χ0n) is 10.6. The first-order chi connectivity index (χ1) is 8.29. The number of rotatable bonds is 4. The van der Waals surface area contributed by atoms with Crippen molar-refractivity contribution in [2.24, 2.45) is 0 Å². The average molecular weight is 251 g/mol. The van der Waals surface area contributed by atoms with E-state index in [2.05, 4.69) is 22.2 Å². The van der Waals surface area contributed by atoms with Crippen molar-refractivity contribution in [2.75, 3.05) is 6.54 Å². The van der Waals surface area contributed by atoms with Crippen LogP contribution in [0.3, 0.4) is 0 Å². The van der Waals surface area contributed by atoms with E-state index >= 15 is 0 Å². The second-order valence-corrected chi connectivity index (χ2v) is 5.85. The minimum absolute atomic E-state index is 0.628. The van der Waals surface area contributed by atoms with Gasteiger partial charge in [0.2, 0.25) is 0 Å². The zero-order valence-corrected chi connectivity index (χ0v) is 11.5. The summed E-state index contributed by atoms with van der Waals surface area (Å²) >= 11 is 1.84. The molecule has 1 aliphatic rings. The van der Waals surface area contributed by atoms with Crippen LogP contribution in [0, 0.1) is 6.92 Å². The quantitative estimate of drug-likeness (QED) is 0.835. The first-order valence-electron chi connectivity index (χ1n) is 6.48. The number of nitrogens with one attached hydrogen (secondary N) is 1. The van der Waals surface area contributed by atoms with Crippen LogP contribution in [0.25, 0.3) is 0 Å². The fraction of sp³-hybridized carbons (Fsp3) is 0.692. The van der Waals surface area contributed by atoms with Crippen LogP contribution in [0.4, 0.5) is 0 Å². The molecule has 1 N–H and O–H groups in total. The lowest BCUT2D eigenvalue weighted by Crippen LogP contribution is -2.40. The summed E-state index contributed by atoms with van der Waals surface area (Å²) in [6, 6.07) is 0.628. The zero-order chi connectivity index (χ0) is 12.1. The monoisotopic (exact) mass is 251 g/mol. The van der Waals surface area contributed by atoms with Crippen LogP contribution >= 0.6 is 11.8 Å². The topological polar surface area (TPSA) is 37.8 Å². The summed E-state index contributed by atoms with van der Waals surface area (Å²) in [5.74, 6) is 0. The molecule has 0 spiro atoms. The van der Waals surface area contributed by atoms with Gasteiger partial charge in [-0.3, -0.25) is 0 Å². The maximum absolute atomic E-state index is 4.39. The predicted octanol–water partition coefficient (Wildman–Crippen LogP) is 2.80. The molecular weight excluding hydrogens is 230 g/mol. The third-order valence-electron chi connectivity index (χ3n) is 3.18. The molecule has 0 bridgehead atoms. The Kier molecular flexibility index (Phi) is 4.80. The number of nitrogens with zero attached hydrogens (tertiary/aromatic N) is 2. The smallest absolute Gasteiger partial charge is 0.187 e. The van der Waals surface area contributed by atoms with Gasteiger partial charge in [0.1, 0.15) is 0 Å². The Morgan fingerprint density at radius 1 is 1.29 bits per heavy atom. The van der Waals surface area contributed by atoms with Gasteiger partial charge < -0.3 is 5.32 Å². The van der Waals surface area contributed by atoms with Gasteiger partial charge in [-0.2, -0.15) is 0 Å². The van der Waals surface area contributed by atoms with Crippen LogP contribution in [0.15, 0.2) is 17.6 Å². The van der Waals surface area contributed by atoms with E-state index in [1.54, 1.807) is 0 Å². The van der Waals surface area contributed by atoms with E-state index in [0.717, 1.165) is 17.3 Å². The molecule has 0 aliphatic heterocycles. The molecule has 94 valence electrons. The van der Waals surface area contributed by atoms with Crippen LogP contribution in [0.2, 0.25) is 0 Å². The van der Waals surface area contributed by atoms with Gasteiger partial charge >= 0.3 is 0 Å². The molecule has 1 saturated carbocycles. The Morgan fingerprint density at radius 3 is 2.71 bits per heavy atom. The highest BCUT2D eigenvalue weighted by Gasteiger charge is 2.25. The van der Waals surface area contributed by atoms with E-state index < -0.39 is 0 Å². The second-order valence-electron chi connectivity index (χ2n) is 4.65. The Bertz CT molecular complexity index is 337. The lowest BCUT2D eigenvalue weighted by molar-refractivity contribution is 0.390. The van der Waals surface area contributed by atoms with Gasteiger partial charge in [-0.25, -0.2) is 9.97 Å². The molecule has 0 saturated heterocycles. The highest BCUT2D eigenvalue weighted by Crippen LogP contribution is 2.32. The summed E-state index contributed by atoms with van der Waals surface area (Å²) in [4.78, 5) is 8.78. The van der Waals surface area contributed by atoms with Crippen molar-refractivity contribution in [3.63, 3.8) is 0 Å². The Hall–Kier alpha value is -0.610. The molecule has 3 nitrogen and oxygen atoms in total. The van der Waals surface area contributed by atoms with Crippen molar-refractivity contribution >= 4 is 11.8 Å². The van der Waals surface area contributed by atoms with Gasteiger partial charge in [-0.15, -0.1) is 0 Å². The number of thioether (sulfide) groups is 1. The SMILES string of the molecule is CCNC1CCCCC1Sc1ncc(C)cn1. The molecule has 1 heterocycles. The summed E-state index contributed by atoms with van der Waals surface area (Å²) in [7, 11) is 0. The van der Waals surface area contributed by atoms with E-state index in [-0.39, 0.29) is 0 Å². The normalized spacial score (nSPS) is 24.8. The van der Waals surface area contributed by atoms with E-state index in [4.69, 9.17) is 0 Å². The fourth-order valence-corrected chi connectivity index (χ4v) is 3.49. The molecule has 1 aromatic rings. The van der Waals surface area contributed by atoms with E-state index in [9.17, 15) is 0 Å². The standard InChI is InChI=1S/C13H21N3S/c1-3-14-11-6-4-5-7-12(11)17-13-15-8-10(2)9-16-13/h8-9,11-12,14H,3-7H2,1-2H3. The van der Waals surface area contributed by atoms with Gasteiger partial charge in [0.25, 0.3) is 0 Å². The van der Waals surface area contributed by atoms with E-state index in [0.29, 0.717) is 11.3 Å². The Labute approximate surface area is 108 Å². The van der Waals surface area contributed by atoms with Crippen LogP contribution in [-0.2, 0) is 0 Å². The van der Waals surface area contributed by atoms with Crippen molar-refractivity contribution in [3.05, 3.63) is 18.0 Å². The van der Waals surface area contributed by atoms with Gasteiger partial charge in [-0.1, -0.05) is 31.5 Å². The first kappa shape index (κ1) is 12.8. The van der Waals surface area contributed by atoms with Crippen molar-refractivity contribution in [1.82, 2.24) is 15.3 Å². The lowest BCUT2D eigenvalue weighted by Gasteiger charge is -2.31. The molecule has 0 amide bonds. The molecule has 0 aromatic carbocycles. The minimum Gasteiger partial charge on any atom is -0.313 e. The minimum atomic E-state index is 0.628. The molecule has 1 fully saturated rings.